The lowest BCUT2D eigenvalue weighted by atomic mass is 9.87. The van der Waals surface area contributed by atoms with E-state index in [1.54, 1.807) is 13.0 Å². The largest absolute Gasteiger partial charge is 0.504 e. The maximum Gasteiger partial charge on any atom is 0.231 e. The summed E-state index contributed by atoms with van der Waals surface area (Å²) in [6.45, 7) is 4.36. The normalized spacial score (nSPS) is 18.6. The van der Waals surface area contributed by atoms with Crippen LogP contribution < -0.4 is 15.4 Å². The second kappa shape index (κ2) is 9.24. The Balaban J connectivity index is 1.91. The van der Waals surface area contributed by atoms with Crippen molar-refractivity contribution in [2.24, 2.45) is 10.9 Å². The first-order chi connectivity index (χ1) is 13.9. The maximum absolute atomic E-state index is 13.1. The first-order valence-electron chi connectivity index (χ1n) is 9.23. The van der Waals surface area contributed by atoms with Gasteiger partial charge in [0.15, 0.2) is 16.6 Å². The lowest BCUT2D eigenvalue weighted by Crippen LogP contribution is -2.47. The Kier molecular flexibility index (Phi) is 6.71. The lowest BCUT2D eigenvalue weighted by Gasteiger charge is -2.32. The molecule has 6 nitrogen and oxygen atoms in total. The fourth-order valence-electron chi connectivity index (χ4n) is 3.28. The van der Waals surface area contributed by atoms with E-state index in [4.69, 9.17) is 28.6 Å². The second-order valence-electron chi connectivity index (χ2n) is 6.64. The zero-order chi connectivity index (χ0) is 21.0. The number of rotatable bonds is 6. The molecule has 1 amide bonds. The maximum atomic E-state index is 13.1. The number of amides is 1. The van der Waals surface area contributed by atoms with Crippen molar-refractivity contribution in [3.63, 3.8) is 0 Å². The van der Waals surface area contributed by atoms with E-state index in [0.29, 0.717) is 35.2 Å². The summed E-state index contributed by atoms with van der Waals surface area (Å²) in [6, 6.07) is 12.2. The predicted octanol–water partition coefficient (Wildman–Crippen LogP) is 3.77. The van der Waals surface area contributed by atoms with Crippen LogP contribution in [0.25, 0.3) is 0 Å². The summed E-state index contributed by atoms with van der Waals surface area (Å²) in [6.07, 6.45) is 0. The molecule has 3 N–H and O–H groups in total. The van der Waals surface area contributed by atoms with Crippen LogP contribution in [-0.4, -0.2) is 28.4 Å². The molecule has 0 radical (unpaired) electrons. The van der Waals surface area contributed by atoms with E-state index >= 15 is 0 Å². The molecule has 0 aromatic heterocycles. The molecule has 2 unspecified atom stereocenters. The van der Waals surface area contributed by atoms with E-state index in [2.05, 4.69) is 15.6 Å². The molecule has 0 spiro atoms. The van der Waals surface area contributed by atoms with Gasteiger partial charge in [-0.15, -0.1) is 0 Å². The number of hydrogen-bond acceptors (Lipinski definition) is 4. The number of thiocarbonyl (C=S) groups is 1. The van der Waals surface area contributed by atoms with Crippen molar-refractivity contribution in [3.8, 4) is 11.5 Å². The van der Waals surface area contributed by atoms with Crippen LogP contribution in [0.5, 0.6) is 11.5 Å². The van der Waals surface area contributed by atoms with Crippen molar-refractivity contribution >= 4 is 40.6 Å². The molecule has 1 aliphatic heterocycles. The standard InChI is InChI=1S/C21H22ClN3O3S/c1-3-28-17-9-14(15(22)10-16(17)26)19-18(12(2)24-21(29)25-19)20(27)23-11-13-7-5-4-6-8-13/h4-10,18-19,26H,3,11H2,1-2H3,(H,23,27)(H,25,29). The van der Waals surface area contributed by atoms with Crippen LogP contribution in [0.1, 0.15) is 31.0 Å². The molecule has 1 aliphatic rings. The van der Waals surface area contributed by atoms with Crippen LogP contribution in [0.3, 0.4) is 0 Å². The summed E-state index contributed by atoms with van der Waals surface area (Å²) in [4.78, 5) is 17.3. The van der Waals surface area contributed by atoms with Crippen molar-refractivity contribution < 1.29 is 14.6 Å². The smallest absolute Gasteiger partial charge is 0.231 e. The van der Waals surface area contributed by atoms with Gasteiger partial charge in [-0.2, -0.15) is 0 Å². The number of aromatic hydroxyl groups is 1. The molecule has 2 aromatic rings. The number of phenolic OH excluding ortho intramolecular Hbond substituents is 1. The van der Waals surface area contributed by atoms with Gasteiger partial charge in [-0.3, -0.25) is 4.79 Å². The van der Waals surface area contributed by atoms with Gasteiger partial charge in [-0.1, -0.05) is 41.9 Å². The van der Waals surface area contributed by atoms with E-state index in [1.165, 1.54) is 6.07 Å². The third-order valence-corrected chi connectivity index (χ3v) is 5.18. The highest BCUT2D eigenvalue weighted by atomic mass is 35.5. The fourth-order valence-corrected chi connectivity index (χ4v) is 3.83. The van der Waals surface area contributed by atoms with E-state index < -0.39 is 12.0 Å². The molecule has 0 aliphatic carbocycles. The number of benzene rings is 2. The molecule has 0 saturated heterocycles. The zero-order valence-electron chi connectivity index (χ0n) is 16.1. The Bertz CT molecular complexity index is 950. The minimum atomic E-state index is -0.623. The number of halogens is 1. The van der Waals surface area contributed by atoms with Gasteiger partial charge in [0.1, 0.15) is 5.92 Å². The first-order valence-corrected chi connectivity index (χ1v) is 10.0. The third-order valence-electron chi connectivity index (χ3n) is 4.65. The molecule has 29 heavy (non-hydrogen) atoms. The summed E-state index contributed by atoms with van der Waals surface area (Å²) < 4.78 is 5.48. The fraction of sp³-hybridized carbons (Fsp3) is 0.286. The van der Waals surface area contributed by atoms with Crippen molar-refractivity contribution in [1.82, 2.24) is 10.6 Å². The minimum absolute atomic E-state index is 0.0607. The van der Waals surface area contributed by atoms with Gasteiger partial charge >= 0.3 is 0 Å². The summed E-state index contributed by atoms with van der Waals surface area (Å²) >= 11 is 11.6. The van der Waals surface area contributed by atoms with Gasteiger partial charge in [-0.05, 0) is 43.3 Å². The van der Waals surface area contributed by atoms with E-state index in [-0.39, 0.29) is 16.8 Å². The Morgan fingerprint density at radius 2 is 2.07 bits per heavy atom. The average molecular weight is 432 g/mol. The Labute approximate surface area is 179 Å². The van der Waals surface area contributed by atoms with Gasteiger partial charge in [0.2, 0.25) is 5.91 Å². The molecule has 2 atom stereocenters. The molecule has 0 saturated carbocycles. The van der Waals surface area contributed by atoms with Crippen LogP contribution in [-0.2, 0) is 11.3 Å². The highest BCUT2D eigenvalue weighted by Crippen LogP contribution is 2.39. The van der Waals surface area contributed by atoms with Gasteiger partial charge in [-0.25, -0.2) is 4.99 Å². The number of hydrogen-bond donors (Lipinski definition) is 3. The SMILES string of the molecule is CCOc1cc(C2NC(=S)N=C(C)C2C(=O)NCc2ccccc2)c(Cl)cc1O. The molecule has 1 heterocycles. The summed E-state index contributed by atoms with van der Waals surface area (Å²) in [5.41, 5.74) is 2.18. The molecule has 2 aromatic carbocycles. The quantitative estimate of drug-likeness (QED) is 0.606. The number of carbonyl (C=O) groups is 1. The molecule has 0 bridgehead atoms. The van der Waals surface area contributed by atoms with Gasteiger partial charge in [0.05, 0.1) is 12.6 Å². The average Bonchev–Trinajstić information content (AvgIpc) is 2.68. The van der Waals surface area contributed by atoms with Crippen LogP contribution in [0.4, 0.5) is 0 Å². The van der Waals surface area contributed by atoms with Crippen LogP contribution >= 0.6 is 23.8 Å². The first kappa shape index (κ1) is 21.1. The molecule has 3 rings (SSSR count). The Morgan fingerprint density at radius 1 is 1.34 bits per heavy atom. The van der Waals surface area contributed by atoms with Crippen LogP contribution in [0.2, 0.25) is 5.02 Å². The second-order valence-corrected chi connectivity index (χ2v) is 7.43. The lowest BCUT2D eigenvalue weighted by molar-refractivity contribution is -0.123. The number of phenols is 1. The number of nitrogens with one attached hydrogen (secondary N) is 2. The number of ether oxygens (including phenoxy) is 1. The number of carbonyl (C=O) groups excluding carboxylic acids is 1. The minimum Gasteiger partial charge on any atom is -0.504 e. The zero-order valence-corrected chi connectivity index (χ0v) is 17.7. The van der Waals surface area contributed by atoms with E-state index in [1.807, 2.05) is 37.3 Å². The van der Waals surface area contributed by atoms with Gasteiger partial charge < -0.3 is 20.5 Å². The summed E-state index contributed by atoms with van der Waals surface area (Å²) in [5.74, 6) is -0.586. The van der Waals surface area contributed by atoms with Gasteiger partial charge in [0, 0.05) is 23.3 Å². The Morgan fingerprint density at radius 3 is 2.76 bits per heavy atom. The molecule has 8 heteroatoms. The van der Waals surface area contributed by atoms with Crippen molar-refractivity contribution in [3.05, 3.63) is 58.6 Å². The van der Waals surface area contributed by atoms with E-state index in [9.17, 15) is 9.90 Å². The molecule has 152 valence electrons. The third kappa shape index (κ3) is 4.86. The van der Waals surface area contributed by atoms with Crippen molar-refractivity contribution in [2.75, 3.05) is 6.61 Å². The highest BCUT2D eigenvalue weighted by molar-refractivity contribution is 7.80. The Hall–Kier alpha value is -2.64. The van der Waals surface area contributed by atoms with E-state index in [0.717, 1.165) is 5.56 Å². The van der Waals surface area contributed by atoms with Gasteiger partial charge in [0.25, 0.3) is 0 Å². The topological polar surface area (TPSA) is 83.0 Å². The van der Waals surface area contributed by atoms with Crippen LogP contribution in [0, 0.1) is 5.92 Å². The molecular formula is C21H22ClN3O3S. The number of nitrogens with zero attached hydrogens (tertiary/aromatic N) is 1. The molecule has 0 fully saturated rings. The monoisotopic (exact) mass is 431 g/mol. The molecular weight excluding hydrogens is 410 g/mol. The predicted molar refractivity (Wildman–Crippen MR) is 118 cm³/mol. The van der Waals surface area contributed by atoms with Crippen LogP contribution in [0.15, 0.2) is 47.5 Å². The van der Waals surface area contributed by atoms with Crippen molar-refractivity contribution in [2.45, 2.75) is 26.4 Å². The summed E-state index contributed by atoms with van der Waals surface area (Å²) in [7, 11) is 0. The highest BCUT2D eigenvalue weighted by Gasteiger charge is 2.37. The van der Waals surface area contributed by atoms with Crippen molar-refractivity contribution in [1.29, 1.82) is 0 Å². The number of aliphatic imine (C=N–C) groups is 1. The summed E-state index contributed by atoms with van der Waals surface area (Å²) in [5, 5.41) is 16.7.